The van der Waals surface area contributed by atoms with E-state index in [1.54, 1.807) is 18.2 Å². The predicted octanol–water partition coefficient (Wildman–Crippen LogP) is 4.57. The molecule has 1 saturated heterocycles. The van der Waals surface area contributed by atoms with Gasteiger partial charge < -0.3 is 10.2 Å². The third-order valence-corrected chi connectivity index (χ3v) is 7.28. The van der Waals surface area contributed by atoms with Crippen molar-refractivity contribution in [1.29, 1.82) is 0 Å². The number of amides is 1. The van der Waals surface area contributed by atoms with Gasteiger partial charge in [-0.3, -0.25) is 19.8 Å². The van der Waals surface area contributed by atoms with E-state index in [1.807, 2.05) is 30.3 Å². The molecule has 2 aliphatic rings. The summed E-state index contributed by atoms with van der Waals surface area (Å²) in [4.78, 5) is 29.0. The number of fused-ring (bicyclic) bond motifs is 3. The predicted molar refractivity (Wildman–Crippen MR) is 136 cm³/mol. The second kappa shape index (κ2) is 10.2. The molecule has 1 N–H and O–H groups in total. The Kier molecular flexibility index (Phi) is 6.89. The van der Waals surface area contributed by atoms with Gasteiger partial charge in [0.25, 0.3) is 5.69 Å². The maximum absolute atomic E-state index is 13.4. The second-order valence-electron chi connectivity index (χ2n) is 9.35. The number of non-ortho nitro benzene ring substituents is 1. The van der Waals surface area contributed by atoms with Gasteiger partial charge in [0.05, 0.1) is 16.9 Å². The molecule has 36 heavy (non-hydrogen) atoms. The number of halogens is 2. The van der Waals surface area contributed by atoms with Gasteiger partial charge in [-0.1, -0.05) is 35.9 Å². The molecule has 5 rings (SSSR count). The molecule has 0 radical (unpaired) electrons. The molecule has 7 nitrogen and oxygen atoms in total. The van der Waals surface area contributed by atoms with Gasteiger partial charge in [0.2, 0.25) is 5.91 Å². The lowest BCUT2D eigenvalue weighted by Gasteiger charge is -2.49. The summed E-state index contributed by atoms with van der Waals surface area (Å²) in [5.74, 6) is -0.818. The summed E-state index contributed by atoms with van der Waals surface area (Å²) in [5, 5.41) is 15.1. The SMILES string of the molecule is O=C(NCc1ccc(F)cc1)[C@@H]1Cc2cc([N+](=O)[O-])ccc2N2CCN(Cc3ccc(Cl)cc3)C[C@H]12. The highest BCUT2D eigenvalue weighted by atomic mass is 35.5. The number of piperazine rings is 1. The van der Waals surface area contributed by atoms with Crippen LogP contribution in [0, 0.1) is 21.8 Å². The molecule has 0 saturated carbocycles. The van der Waals surface area contributed by atoms with E-state index < -0.39 is 4.92 Å². The van der Waals surface area contributed by atoms with Crippen LogP contribution in [0.1, 0.15) is 16.7 Å². The highest BCUT2D eigenvalue weighted by Crippen LogP contribution is 2.38. The minimum absolute atomic E-state index is 0.0269. The maximum Gasteiger partial charge on any atom is 0.269 e. The van der Waals surface area contributed by atoms with Gasteiger partial charge in [0, 0.05) is 55.6 Å². The fourth-order valence-electron chi connectivity index (χ4n) is 5.20. The molecular weight excluding hydrogens is 483 g/mol. The first-order valence-electron chi connectivity index (χ1n) is 11.9. The van der Waals surface area contributed by atoms with Crippen molar-refractivity contribution in [3.05, 3.63) is 104 Å². The van der Waals surface area contributed by atoms with Crippen LogP contribution in [0.3, 0.4) is 0 Å². The Hall–Kier alpha value is -3.49. The first-order chi connectivity index (χ1) is 17.4. The molecule has 2 heterocycles. The Morgan fingerprint density at radius 1 is 1.06 bits per heavy atom. The van der Waals surface area contributed by atoms with Crippen molar-refractivity contribution in [1.82, 2.24) is 10.2 Å². The molecular formula is C27H26ClFN4O3. The molecule has 0 bridgehead atoms. The van der Waals surface area contributed by atoms with E-state index >= 15 is 0 Å². The maximum atomic E-state index is 13.4. The van der Waals surface area contributed by atoms with Crippen molar-refractivity contribution in [2.75, 3.05) is 24.5 Å². The topological polar surface area (TPSA) is 78.7 Å². The van der Waals surface area contributed by atoms with Crippen molar-refractivity contribution in [3.63, 3.8) is 0 Å². The Balaban J connectivity index is 1.38. The molecule has 3 aromatic carbocycles. The summed E-state index contributed by atoms with van der Waals surface area (Å²) < 4.78 is 13.3. The van der Waals surface area contributed by atoms with Gasteiger partial charge in [0.1, 0.15) is 5.82 Å². The molecule has 3 aromatic rings. The van der Waals surface area contributed by atoms with Crippen LogP contribution in [0.25, 0.3) is 0 Å². The minimum atomic E-state index is -0.403. The fourth-order valence-corrected chi connectivity index (χ4v) is 5.32. The van der Waals surface area contributed by atoms with Gasteiger partial charge in [0.15, 0.2) is 0 Å². The molecule has 9 heteroatoms. The number of carbonyl (C=O) groups is 1. The van der Waals surface area contributed by atoms with Gasteiger partial charge in [-0.2, -0.15) is 0 Å². The number of nitro benzene ring substituents is 1. The van der Waals surface area contributed by atoms with E-state index in [-0.39, 0.29) is 29.4 Å². The van der Waals surface area contributed by atoms with E-state index in [9.17, 15) is 19.3 Å². The van der Waals surface area contributed by atoms with E-state index in [0.717, 1.165) is 35.5 Å². The van der Waals surface area contributed by atoms with Crippen LogP contribution in [0.15, 0.2) is 66.7 Å². The van der Waals surface area contributed by atoms with Crippen LogP contribution in [-0.4, -0.2) is 41.4 Å². The van der Waals surface area contributed by atoms with E-state index in [4.69, 9.17) is 11.6 Å². The monoisotopic (exact) mass is 508 g/mol. The zero-order valence-electron chi connectivity index (χ0n) is 19.6. The van der Waals surface area contributed by atoms with Crippen molar-refractivity contribution in [2.24, 2.45) is 5.92 Å². The first-order valence-corrected chi connectivity index (χ1v) is 12.3. The summed E-state index contributed by atoms with van der Waals surface area (Å²) >= 11 is 6.03. The summed E-state index contributed by atoms with van der Waals surface area (Å²) in [6.07, 6.45) is 0.419. The van der Waals surface area contributed by atoms with Crippen LogP contribution in [0.2, 0.25) is 5.02 Å². The number of anilines is 1. The lowest BCUT2D eigenvalue weighted by atomic mass is 9.83. The van der Waals surface area contributed by atoms with Gasteiger partial charge in [-0.25, -0.2) is 4.39 Å². The average molecular weight is 509 g/mol. The Labute approximate surface area is 213 Å². The molecule has 2 atom stereocenters. The lowest BCUT2D eigenvalue weighted by molar-refractivity contribution is -0.384. The van der Waals surface area contributed by atoms with Crippen molar-refractivity contribution >= 4 is 28.9 Å². The first kappa shape index (κ1) is 24.2. The van der Waals surface area contributed by atoms with E-state index in [2.05, 4.69) is 15.1 Å². The zero-order chi connectivity index (χ0) is 25.2. The Morgan fingerprint density at radius 2 is 1.78 bits per heavy atom. The molecule has 0 aliphatic carbocycles. The number of hydrogen-bond donors (Lipinski definition) is 1. The quantitative estimate of drug-likeness (QED) is 0.390. The smallest absolute Gasteiger partial charge is 0.269 e. The standard InChI is InChI=1S/C27H26ClFN4O3/c28-21-5-1-19(2-6-21)16-31-11-12-32-25-10-9-23(33(35)36)13-20(25)14-24(26(32)17-31)27(34)30-15-18-3-7-22(29)8-4-18/h1-10,13,24,26H,11-12,14-17H2,(H,30,34)/t24-,26-/m1/s1. The van der Waals surface area contributed by atoms with Crippen molar-refractivity contribution in [2.45, 2.75) is 25.6 Å². The molecule has 1 fully saturated rings. The number of rotatable bonds is 6. The Bertz CT molecular complexity index is 1270. The number of carbonyl (C=O) groups excluding carboxylic acids is 1. The van der Waals surface area contributed by atoms with Crippen LogP contribution in [-0.2, 0) is 24.3 Å². The third-order valence-electron chi connectivity index (χ3n) is 7.03. The second-order valence-corrected chi connectivity index (χ2v) is 9.78. The normalized spacial score (nSPS) is 19.3. The number of nitrogens with one attached hydrogen (secondary N) is 1. The summed E-state index contributed by atoms with van der Waals surface area (Å²) in [5.41, 5.74) is 3.75. The fraction of sp³-hybridized carbons (Fsp3) is 0.296. The van der Waals surface area contributed by atoms with Crippen LogP contribution >= 0.6 is 11.6 Å². The number of nitro groups is 1. The largest absolute Gasteiger partial charge is 0.365 e. The lowest BCUT2D eigenvalue weighted by Crippen LogP contribution is -2.60. The van der Waals surface area contributed by atoms with Crippen molar-refractivity contribution in [3.8, 4) is 0 Å². The number of benzene rings is 3. The zero-order valence-corrected chi connectivity index (χ0v) is 20.3. The highest BCUT2D eigenvalue weighted by Gasteiger charge is 2.41. The Morgan fingerprint density at radius 3 is 2.50 bits per heavy atom. The summed E-state index contributed by atoms with van der Waals surface area (Å²) in [7, 11) is 0. The van der Waals surface area contributed by atoms with E-state index in [1.165, 1.54) is 18.2 Å². The van der Waals surface area contributed by atoms with Crippen LogP contribution in [0.4, 0.5) is 15.8 Å². The van der Waals surface area contributed by atoms with Gasteiger partial charge >= 0.3 is 0 Å². The molecule has 0 aromatic heterocycles. The van der Waals surface area contributed by atoms with Crippen LogP contribution in [0.5, 0.6) is 0 Å². The van der Waals surface area contributed by atoms with Crippen molar-refractivity contribution < 1.29 is 14.1 Å². The molecule has 186 valence electrons. The highest BCUT2D eigenvalue weighted by molar-refractivity contribution is 6.30. The average Bonchev–Trinajstić information content (AvgIpc) is 2.88. The van der Waals surface area contributed by atoms with E-state index in [0.29, 0.717) is 31.1 Å². The van der Waals surface area contributed by atoms with Gasteiger partial charge in [-0.15, -0.1) is 0 Å². The number of nitrogens with zero attached hydrogens (tertiary/aromatic N) is 3. The third kappa shape index (κ3) is 5.20. The molecule has 2 aliphatic heterocycles. The molecule has 0 spiro atoms. The number of hydrogen-bond acceptors (Lipinski definition) is 5. The molecule has 1 amide bonds. The molecule has 0 unspecified atom stereocenters. The van der Waals surface area contributed by atoms with Crippen LogP contribution < -0.4 is 10.2 Å². The summed E-state index contributed by atoms with van der Waals surface area (Å²) in [6, 6.07) is 18.7. The summed E-state index contributed by atoms with van der Waals surface area (Å²) in [6.45, 7) is 3.25. The minimum Gasteiger partial charge on any atom is -0.365 e. The van der Waals surface area contributed by atoms with Gasteiger partial charge in [-0.05, 0) is 53.4 Å².